The van der Waals surface area contributed by atoms with E-state index < -0.39 is 32.5 Å². The fourth-order valence-electron chi connectivity index (χ4n) is 3.21. The highest BCUT2D eigenvalue weighted by Gasteiger charge is 2.24. The van der Waals surface area contributed by atoms with Crippen LogP contribution in [0.1, 0.15) is 5.56 Å². The van der Waals surface area contributed by atoms with Crippen molar-refractivity contribution in [3.8, 4) is 5.75 Å². The second-order valence-electron chi connectivity index (χ2n) is 7.72. The number of hydrogen-bond donors (Lipinski definition) is 2. The summed E-state index contributed by atoms with van der Waals surface area (Å²) in [6.45, 7) is 1.27. The first-order valence-electron chi connectivity index (χ1n) is 10.3. The minimum Gasteiger partial charge on any atom is -0.495 e. The zero-order chi connectivity index (χ0) is 26.7. The molecule has 36 heavy (non-hydrogen) atoms. The maximum atomic E-state index is 12.7. The molecule has 0 radical (unpaired) electrons. The molecule has 3 aromatic rings. The van der Waals surface area contributed by atoms with Crippen LogP contribution in [0.3, 0.4) is 0 Å². The van der Waals surface area contributed by atoms with Gasteiger partial charge in [0, 0.05) is 5.69 Å². The molecule has 0 aliphatic rings. The molecule has 0 atom stereocenters. The van der Waals surface area contributed by atoms with Crippen LogP contribution in [0.5, 0.6) is 5.75 Å². The average molecular weight is 572 g/mol. The number of benzene rings is 3. The van der Waals surface area contributed by atoms with Crippen molar-refractivity contribution in [2.45, 2.75) is 11.8 Å². The van der Waals surface area contributed by atoms with Crippen molar-refractivity contribution in [1.82, 2.24) is 0 Å². The molecule has 0 aliphatic carbocycles. The Labute approximate surface area is 220 Å². The molecule has 0 spiro atoms. The van der Waals surface area contributed by atoms with Gasteiger partial charge in [-0.25, -0.2) is 16.8 Å². The van der Waals surface area contributed by atoms with Crippen molar-refractivity contribution in [2.24, 2.45) is 0 Å². The fraction of sp³-hybridized carbons (Fsp3) is 0.174. The molecule has 9 nitrogen and oxygen atoms in total. The second-order valence-corrected chi connectivity index (χ2v) is 12.1. The van der Waals surface area contributed by atoms with Crippen LogP contribution in [0.4, 0.5) is 17.1 Å². The van der Waals surface area contributed by atoms with Crippen LogP contribution < -0.4 is 19.1 Å². The fourth-order valence-corrected chi connectivity index (χ4v) is 5.54. The topological polar surface area (TPSA) is 122 Å². The summed E-state index contributed by atoms with van der Waals surface area (Å²) in [6, 6.07) is 14.9. The number of methoxy groups -OCH3 is 1. The Hall–Kier alpha value is -2.99. The number of nitrogens with one attached hydrogen (secondary N) is 2. The van der Waals surface area contributed by atoms with E-state index in [1.54, 1.807) is 31.2 Å². The van der Waals surface area contributed by atoms with Gasteiger partial charge < -0.3 is 10.1 Å². The van der Waals surface area contributed by atoms with Gasteiger partial charge in [-0.1, -0.05) is 35.3 Å². The van der Waals surface area contributed by atoms with Crippen LogP contribution in [-0.2, 0) is 24.8 Å². The lowest BCUT2D eigenvalue weighted by Gasteiger charge is -2.24. The molecule has 0 saturated carbocycles. The van der Waals surface area contributed by atoms with E-state index in [0.29, 0.717) is 5.75 Å². The number of amides is 1. The van der Waals surface area contributed by atoms with E-state index in [2.05, 4.69) is 10.0 Å². The largest absolute Gasteiger partial charge is 0.495 e. The molecule has 0 unspecified atom stereocenters. The molecule has 3 rings (SSSR count). The van der Waals surface area contributed by atoms with Crippen molar-refractivity contribution >= 4 is 66.2 Å². The number of nitrogens with zero attached hydrogens (tertiary/aromatic N) is 1. The molecule has 0 saturated heterocycles. The number of ether oxygens (including phenoxy) is 1. The van der Waals surface area contributed by atoms with E-state index in [9.17, 15) is 21.6 Å². The normalized spacial score (nSPS) is 11.6. The molecular formula is C23H23Cl2N3O6S2. The molecule has 192 valence electrons. The zero-order valence-electron chi connectivity index (χ0n) is 19.4. The summed E-state index contributed by atoms with van der Waals surface area (Å²) in [7, 11) is -6.42. The quantitative estimate of drug-likeness (QED) is 0.389. The highest BCUT2D eigenvalue weighted by Crippen LogP contribution is 2.32. The van der Waals surface area contributed by atoms with Crippen molar-refractivity contribution in [2.75, 3.05) is 34.3 Å². The van der Waals surface area contributed by atoms with Gasteiger partial charge in [-0.2, -0.15) is 0 Å². The number of rotatable bonds is 9. The lowest BCUT2D eigenvalue weighted by molar-refractivity contribution is -0.114. The van der Waals surface area contributed by atoms with Crippen molar-refractivity contribution < 1.29 is 26.4 Å². The van der Waals surface area contributed by atoms with E-state index in [-0.39, 0.29) is 32.0 Å². The van der Waals surface area contributed by atoms with Crippen molar-refractivity contribution in [3.05, 3.63) is 76.3 Å². The highest BCUT2D eigenvalue weighted by atomic mass is 35.5. The first-order valence-corrected chi connectivity index (χ1v) is 14.4. The first kappa shape index (κ1) is 27.6. The third-order valence-electron chi connectivity index (χ3n) is 4.93. The molecule has 1 amide bonds. The van der Waals surface area contributed by atoms with E-state index >= 15 is 0 Å². The monoisotopic (exact) mass is 571 g/mol. The number of carbonyl (C=O) groups is 1. The van der Waals surface area contributed by atoms with Crippen LogP contribution in [0, 0.1) is 6.92 Å². The molecule has 0 aromatic heterocycles. The lowest BCUT2D eigenvalue weighted by atomic mass is 10.2. The number of aryl methyl sites for hydroxylation is 1. The Morgan fingerprint density at radius 3 is 2.28 bits per heavy atom. The minimum absolute atomic E-state index is 0.0623. The third-order valence-corrected chi connectivity index (χ3v) is 8.26. The summed E-state index contributed by atoms with van der Waals surface area (Å²) in [4.78, 5) is 12.6. The summed E-state index contributed by atoms with van der Waals surface area (Å²) < 4.78 is 58.9. The molecule has 0 heterocycles. The van der Waals surface area contributed by atoms with Gasteiger partial charge in [-0.05, 0) is 61.0 Å². The Bertz CT molecular complexity index is 1490. The molecule has 0 bridgehead atoms. The van der Waals surface area contributed by atoms with Crippen molar-refractivity contribution in [1.29, 1.82) is 0 Å². The Balaban J connectivity index is 1.77. The minimum atomic E-state index is -3.99. The number of hydrogen-bond acceptors (Lipinski definition) is 6. The SMILES string of the molecule is COc1ccc(C)cc1N(CC(=O)Nc1ccc(S(=O)(=O)Nc2cccc(Cl)c2Cl)cc1)S(C)(=O)=O. The summed E-state index contributed by atoms with van der Waals surface area (Å²) in [5, 5.41) is 2.83. The van der Waals surface area contributed by atoms with Crippen LogP contribution in [0.15, 0.2) is 65.6 Å². The second kappa shape index (κ2) is 11.0. The summed E-state index contributed by atoms with van der Waals surface area (Å²) in [6.07, 6.45) is 0.987. The van der Waals surface area contributed by atoms with Crippen molar-refractivity contribution in [3.63, 3.8) is 0 Å². The van der Waals surface area contributed by atoms with Crippen LogP contribution in [0.2, 0.25) is 10.0 Å². The standard InChI is InChI=1S/C23H23Cl2N3O6S2/c1-15-7-12-21(34-2)20(13-15)28(35(3,30)31)14-22(29)26-16-8-10-17(11-9-16)36(32,33)27-19-6-4-5-18(24)23(19)25/h4-13,27H,14H2,1-3H3,(H,26,29). The van der Waals surface area contributed by atoms with E-state index in [0.717, 1.165) is 16.1 Å². The van der Waals surface area contributed by atoms with Gasteiger partial charge in [-0.15, -0.1) is 0 Å². The molecule has 0 aliphatic heterocycles. The van der Waals surface area contributed by atoms with Gasteiger partial charge in [-0.3, -0.25) is 13.8 Å². The first-order chi connectivity index (χ1) is 16.8. The number of anilines is 3. The Kier molecular flexibility index (Phi) is 8.40. The maximum absolute atomic E-state index is 12.7. The maximum Gasteiger partial charge on any atom is 0.261 e. The van der Waals surface area contributed by atoms with E-state index in [1.165, 1.54) is 43.5 Å². The smallest absolute Gasteiger partial charge is 0.261 e. The summed E-state index contributed by atoms with van der Waals surface area (Å²) in [5.74, 6) is -0.343. The molecule has 0 fully saturated rings. The lowest BCUT2D eigenvalue weighted by Crippen LogP contribution is -2.37. The van der Waals surface area contributed by atoms with Gasteiger partial charge in [0.2, 0.25) is 15.9 Å². The Morgan fingerprint density at radius 2 is 1.67 bits per heavy atom. The van der Waals surface area contributed by atoms with Gasteiger partial charge in [0.25, 0.3) is 10.0 Å². The van der Waals surface area contributed by atoms with Crippen LogP contribution in [0.25, 0.3) is 0 Å². The number of sulfonamides is 2. The molecule has 13 heteroatoms. The van der Waals surface area contributed by atoms with Crippen LogP contribution >= 0.6 is 23.2 Å². The summed E-state index contributed by atoms with van der Waals surface area (Å²) >= 11 is 12.0. The predicted molar refractivity (Wildman–Crippen MR) is 142 cm³/mol. The van der Waals surface area contributed by atoms with Gasteiger partial charge in [0.15, 0.2) is 0 Å². The zero-order valence-corrected chi connectivity index (χ0v) is 22.6. The number of carbonyl (C=O) groups excluding carboxylic acids is 1. The third kappa shape index (κ3) is 6.61. The van der Waals surface area contributed by atoms with Gasteiger partial charge >= 0.3 is 0 Å². The molecule has 3 aromatic carbocycles. The summed E-state index contributed by atoms with van der Waals surface area (Å²) in [5.41, 5.74) is 1.39. The van der Waals surface area contributed by atoms with E-state index in [1.807, 2.05) is 0 Å². The molecular weight excluding hydrogens is 549 g/mol. The highest BCUT2D eigenvalue weighted by molar-refractivity contribution is 7.92. The van der Waals surface area contributed by atoms with Crippen LogP contribution in [-0.4, -0.2) is 42.7 Å². The van der Waals surface area contributed by atoms with Gasteiger partial charge in [0.05, 0.1) is 39.7 Å². The molecule has 2 N–H and O–H groups in total. The van der Waals surface area contributed by atoms with E-state index in [4.69, 9.17) is 27.9 Å². The number of halogens is 2. The average Bonchev–Trinajstić information content (AvgIpc) is 2.80. The predicted octanol–water partition coefficient (Wildman–Crippen LogP) is 4.52. The Morgan fingerprint density at radius 1 is 1.00 bits per heavy atom. The van der Waals surface area contributed by atoms with Gasteiger partial charge in [0.1, 0.15) is 12.3 Å².